The van der Waals surface area contributed by atoms with Crippen LogP contribution in [0.4, 0.5) is 8.78 Å². The first-order valence-electron chi connectivity index (χ1n) is 6.85. The van der Waals surface area contributed by atoms with Crippen LogP contribution in [-0.4, -0.2) is 22.4 Å². The zero-order valence-corrected chi connectivity index (χ0v) is 13.2. The van der Waals surface area contributed by atoms with E-state index >= 15 is 0 Å². The van der Waals surface area contributed by atoms with Crippen LogP contribution >= 0.6 is 11.6 Å². The molecule has 0 aromatic carbocycles. The summed E-state index contributed by atoms with van der Waals surface area (Å²) < 4.78 is 33.0. The summed E-state index contributed by atoms with van der Waals surface area (Å²) in [5.41, 5.74) is -0.541. The van der Waals surface area contributed by atoms with Crippen molar-refractivity contribution in [1.82, 2.24) is 9.78 Å². The van der Waals surface area contributed by atoms with E-state index in [2.05, 4.69) is 5.10 Å². The van der Waals surface area contributed by atoms with Gasteiger partial charge in [0.15, 0.2) is 18.1 Å². The number of hydrogen-bond acceptors (Lipinski definition) is 4. The highest BCUT2D eigenvalue weighted by Gasteiger charge is 2.28. The molecule has 0 amide bonds. The summed E-state index contributed by atoms with van der Waals surface area (Å²) >= 11 is 6.16. The van der Waals surface area contributed by atoms with E-state index in [4.69, 9.17) is 16.3 Å². The molecule has 23 heavy (non-hydrogen) atoms. The molecule has 0 bridgehead atoms. The Balaban J connectivity index is 2.69. The molecule has 0 saturated heterocycles. The number of carbonyl (C=O) groups is 1. The summed E-state index contributed by atoms with van der Waals surface area (Å²) in [6, 6.07) is 1.01. The third-order valence-electron chi connectivity index (χ3n) is 3.12. The van der Waals surface area contributed by atoms with Gasteiger partial charge in [0, 0.05) is 18.2 Å². The molecule has 0 saturated carbocycles. The predicted octanol–water partition coefficient (Wildman–Crippen LogP) is 2.97. The maximum absolute atomic E-state index is 13.2. The minimum absolute atomic E-state index is 0.0765. The molecule has 9 heteroatoms. The van der Waals surface area contributed by atoms with Crippen LogP contribution in [0, 0.1) is 5.21 Å². The first-order valence-corrected chi connectivity index (χ1v) is 7.23. The molecule has 2 aromatic heterocycles. The maximum Gasteiger partial charge on any atom is 0.360 e. The standard InChI is InChI=1S/C14H14ClF2N3O3/c1-3-20-12(10(15)11(18-20)14(21)23-4-2)9-7-19(22)6-5-8(9)13(16)17/h5-7,13H,3-4H2,1-2H3. The zero-order chi connectivity index (χ0) is 17.1. The van der Waals surface area contributed by atoms with Gasteiger partial charge in [0.1, 0.15) is 5.02 Å². The van der Waals surface area contributed by atoms with Crippen LogP contribution in [0.15, 0.2) is 18.5 Å². The smallest absolute Gasteiger partial charge is 0.360 e. The van der Waals surface area contributed by atoms with Gasteiger partial charge in [-0.05, 0) is 13.8 Å². The Bertz CT molecular complexity index is 734. The predicted molar refractivity (Wildman–Crippen MR) is 78.2 cm³/mol. The van der Waals surface area contributed by atoms with Crippen LogP contribution in [0.5, 0.6) is 0 Å². The number of carbonyl (C=O) groups excluding carboxylic acids is 1. The second kappa shape index (κ2) is 6.91. The molecule has 0 radical (unpaired) electrons. The van der Waals surface area contributed by atoms with Gasteiger partial charge in [-0.2, -0.15) is 9.83 Å². The molecule has 0 unspecified atom stereocenters. The molecule has 0 atom stereocenters. The van der Waals surface area contributed by atoms with Gasteiger partial charge >= 0.3 is 5.97 Å². The first kappa shape index (κ1) is 17.1. The Morgan fingerprint density at radius 3 is 2.78 bits per heavy atom. The van der Waals surface area contributed by atoms with Crippen molar-refractivity contribution in [3.8, 4) is 11.3 Å². The van der Waals surface area contributed by atoms with Gasteiger partial charge in [-0.25, -0.2) is 13.6 Å². The lowest BCUT2D eigenvalue weighted by atomic mass is 10.1. The fourth-order valence-electron chi connectivity index (χ4n) is 2.13. The summed E-state index contributed by atoms with van der Waals surface area (Å²) in [4.78, 5) is 11.9. The van der Waals surface area contributed by atoms with Crippen molar-refractivity contribution < 1.29 is 23.0 Å². The number of pyridine rings is 1. The van der Waals surface area contributed by atoms with Gasteiger partial charge in [-0.1, -0.05) is 11.6 Å². The molecule has 124 valence electrons. The third kappa shape index (κ3) is 3.26. The number of aryl methyl sites for hydroxylation is 1. The lowest BCUT2D eigenvalue weighted by Gasteiger charge is -2.10. The van der Waals surface area contributed by atoms with E-state index in [1.807, 2.05) is 0 Å². The van der Waals surface area contributed by atoms with Crippen LogP contribution in [0.3, 0.4) is 0 Å². The number of nitrogens with zero attached hydrogens (tertiary/aromatic N) is 3. The van der Waals surface area contributed by atoms with Crippen molar-refractivity contribution >= 4 is 17.6 Å². The maximum atomic E-state index is 13.2. The normalized spacial score (nSPS) is 11.0. The van der Waals surface area contributed by atoms with Crippen LogP contribution < -0.4 is 4.73 Å². The lowest BCUT2D eigenvalue weighted by molar-refractivity contribution is -0.605. The van der Waals surface area contributed by atoms with Gasteiger partial charge < -0.3 is 9.94 Å². The molecule has 0 aliphatic carbocycles. The molecule has 0 fully saturated rings. The molecular formula is C14H14ClF2N3O3. The minimum Gasteiger partial charge on any atom is -0.619 e. The number of hydrogen-bond donors (Lipinski definition) is 0. The number of esters is 1. The summed E-state index contributed by atoms with van der Waals surface area (Å²) in [5, 5.41) is 15.4. The average molecular weight is 346 g/mol. The number of alkyl halides is 2. The minimum atomic E-state index is -2.81. The van der Waals surface area contributed by atoms with Crippen molar-refractivity contribution in [2.45, 2.75) is 26.8 Å². The zero-order valence-electron chi connectivity index (χ0n) is 12.4. The molecule has 2 rings (SSSR count). The molecule has 2 aromatic rings. The summed E-state index contributed by atoms with van der Waals surface area (Å²) in [6.45, 7) is 3.72. The van der Waals surface area contributed by atoms with Gasteiger partial charge in [0.25, 0.3) is 6.43 Å². The Kier molecular flexibility index (Phi) is 5.15. The fourth-order valence-corrected chi connectivity index (χ4v) is 2.45. The van der Waals surface area contributed by atoms with Crippen LogP contribution in [0.1, 0.15) is 36.3 Å². The van der Waals surface area contributed by atoms with Crippen molar-refractivity contribution in [2.75, 3.05) is 6.61 Å². The Labute approximate surface area is 135 Å². The van der Waals surface area contributed by atoms with E-state index in [0.717, 1.165) is 18.5 Å². The van der Waals surface area contributed by atoms with Crippen molar-refractivity contribution in [2.24, 2.45) is 0 Å². The molecule has 0 spiro atoms. The van der Waals surface area contributed by atoms with E-state index in [1.165, 1.54) is 4.68 Å². The van der Waals surface area contributed by atoms with Crippen LogP contribution in [-0.2, 0) is 11.3 Å². The Hall–Kier alpha value is -2.22. The number of ether oxygens (including phenoxy) is 1. The Morgan fingerprint density at radius 1 is 1.52 bits per heavy atom. The SMILES string of the molecule is CCOC(=O)c1nn(CC)c(-c2c[n+]([O-])ccc2C(F)F)c1Cl. The number of rotatable bonds is 5. The molecule has 0 N–H and O–H groups in total. The van der Waals surface area contributed by atoms with Gasteiger partial charge in [0.05, 0.1) is 17.9 Å². The molecule has 0 aliphatic rings. The number of aromatic nitrogens is 3. The van der Waals surface area contributed by atoms with E-state index < -0.39 is 12.4 Å². The summed E-state index contributed by atoms with van der Waals surface area (Å²) in [7, 11) is 0. The second-order valence-corrected chi connectivity index (χ2v) is 4.90. The molecule has 2 heterocycles. The Morgan fingerprint density at radius 2 is 2.22 bits per heavy atom. The van der Waals surface area contributed by atoms with Crippen molar-refractivity contribution in [1.29, 1.82) is 0 Å². The van der Waals surface area contributed by atoms with E-state index in [-0.39, 0.29) is 40.7 Å². The quantitative estimate of drug-likeness (QED) is 0.474. The first-order chi connectivity index (χ1) is 10.9. The highest BCUT2D eigenvalue weighted by Crippen LogP contribution is 2.36. The molecule has 0 aliphatic heterocycles. The summed E-state index contributed by atoms with van der Waals surface area (Å²) in [6.07, 6.45) is -0.864. The highest BCUT2D eigenvalue weighted by molar-refractivity contribution is 6.35. The van der Waals surface area contributed by atoms with E-state index in [0.29, 0.717) is 4.73 Å². The van der Waals surface area contributed by atoms with Crippen LogP contribution in [0.25, 0.3) is 11.3 Å². The number of halogens is 3. The van der Waals surface area contributed by atoms with Crippen molar-refractivity contribution in [3.63, 3.8) is 0 Å². The van der Waals surface area contributed by atoms with Gasteiger partial charge in [-0.3, -0.25) is 4.68 Å². The largest absolute Gasteiger partial charge is 0.619 e. The van der Waals surface area contributed by atoms with E-state index in [1.54, 1.807) is 13.8 Å². The fraction of sp³-hybridized carbons (Fsp3) is 0.357. The van der Waals surface area contributed by atoms with Gasteiger partial charge in [-0.15, -0.1) is 0 Å². The third-order valence-corrected chi connectivity index (χ3v) is 3.48. The second-order valence-electron chi connectivity index (χ2n) is 4.52. The lowest BCUT2D eigenvalue weighted by Crippen LogP contribution is -2.25. The van der Waals surface area contributed by atoms with Crippen molar-refractivity contribution in [3.05, 3.63) is 39.9 Å². The average Bonchev–Trinajstić information content (AvgIpc) is 2.83. The molecular weight excluding hydrogens is 332 g/mol. The van der Waals surface area contributed by atoms with E-state index in [9.17, 15) is 18.8 Å². The highest BCUT2D eigenvalue weighted by atomic mass is 35.5. The summed E-state index contributed by atoms with van der Waals surface area (Å²) in [5.74, 6) is -0.754. The monoisotopic (exact) mass is 345 g/mol. The van der Waals surface area contributed by atoms with Gasteiger partial charge in [0.2, 0.25) is 0 Å². The topological polar surface area (TPSA) is 71.1 Å². The van der Waals surface area contributed by atoms with Crippen LogP contribution in [0.2, 0.25) is 5.02 Å². The molecule has 6 nitrogen and oxygen atoms in total.